The molecule has 0 saturated carbocycles. The summed E-state index contributed by atoms with van der Waals surface area (Å²) >= 11 is 0. The molecule has 0 aromatic heterocycles. The summed E-state index contributed by atoms with van der Waals surface area (Å²) in [5.41, 5.74) is 4.15. The fourth-order valence-corrected chi connectivity index (χ4v) is 4.37. The van der Waals surface area contributed by atoms with Crippen molar-refractivity contribution in [2.24, 2.45) is 5.92 Å². The summed E-state index contributed by atoms with van der Waals surface area (Å²) in [6, 6.07) is 35.3. The molecule has 0 bridgehead atoms. The van der Waals surface area contributed by atoms with Gasteiger partial charge in [0, 0.05) is 0 Å². The smallest absolute Gasteiger partial charge is 0.273 e. The zero-order valence-electron chi connectivity index (χ0n) is 19.1. The van der Waals surface area contributed by atoms with E-state index >= 15 is 0 Å². The van der Waals surface area contributed by atoms with Crippen LogP contribution in [0.3, 0.4) is 0 Å². The topological polar surface area (TPSA) is 57.7 Å². The SMILES string of the molecule is O=C1C(Cc2ccccc2)C(=O)N(c2ccc(-c3ccccc3)cc2)C(=O)N1Cc1ccccc1. The van der Waals surface area contributed by atoms with Gasteiger partial charge in [0.05, 0.1) is 12.2 Å². The molecule has 0 N–H and O–H groups in total. The monoisotopic (exact) mass is 460 g/mol. The van der Waals surface area contributed by atoms with Crippen LogP contribution in [0.15, 0.2) is 115 Å². The highest BCUT2D eigenvalue weighted by Crippen LogP contribution is 2.30. The maximum absolute atomic E-state index is 13.6. The van der Waals surface area contributed by atoms with Crippen LogP contribution in [0.5, 0.6) is 0 Å². The van der Waals surface area contributed by atoms with Crippen LogP contribution in [0.1, 0.15) is 11.1 Å². The first kappa shape index (κ1) is 22.3. The summed E-state index contributed by atoms with van der Waals surface area (Å²) in [4.78, 5) is 42.8. The zero-order chi connectivity index (χ0) is 24.2. The Balaban J connectivity index is 1.50. The molecule has 1 aliphatic rings. The first-order chi connectivity index (χ1) is 17.1. The van der Waals surface area contributed by atoms with Crippen molar-refractivity contribution >= 4 is 23.5 Å². The van der Waals surface area contributed by atoms with E-state index in [1.165, 1.54) is 4.90 Å². The second-order valence-corrected chi connectivity index (χ2v) is 8.52. The number of imide groups is 2. The van der Waals surface area contributed by atoms with E-state index in [-0.39, 0.29) is 13.0 Å². The molecule has 4 aromatic carbocycles. The van der Waals surface area contributed by atoms with Gasteiger partial charge >= 0.3 is 6.03 Å². The van der Waals surface area contributed by atoms with Gasteiger partial charge in [-0.3, -0.25) is 14.5 Å². The molecule has 1 aliphatic heterocycles. The molecular formula is C30H24N2O3. The molecule has 1 heterocycles. The Labute approximate surface area is 204 Å². The molecular weight excluding hydrogens is 436 g/mol. The number of urea groups is 1. The Kier molecular flexibility index (Phi) is 6.22. The molecule has 5 nitrogen and oxygen atoms in total. The van der Waals surface area contributed by atoms with Crippen LogP contribution in [0, 0.1) is 5.92 Å². The normalized spacial score (nSPS) is 16.0. The van der Waals surface area contributed by atoms with Gasteiger partial charge < -0.3 is 0 Å². The molecule has 172 valence electrons. The summed E-state index contributed by atoms with van der Waals surface area (Å²) < 4.78 is 0. The van der Waals surface area contributed by atoms with Crippen molar-refractivity contribution in [3.05, 3.63) is 126 Å². The Morgan fingerprint density at radius 3 is 1.66 bits per heavy atom. The van der Waals surface area contributed by atoms with Gasteiger partial charge in [-0.25, -0.2) is 9.69 Å². The van der Waals surface area contributed by atoms with Crippen molar-refractivity contribution in [2.45, 2.75) is 13.0 Å². The molecule has 35 heavy (non-hydrogen) atoms. The van der Waals surface area contributed by atoms with Crippen LogP contribution < -0.4 is 4.90 Å². The lowest BCUT2D eigenvalue weighted by molar-refractivity contribution is -0.141. The highest BCUT2D eigenvalue weighted by molar-refractivity contribution is 6.27. The molecule has 1 saturated heterocycles. The maximum atomic E-state index is 13.6. The molecule has 0 spiro atoms. The Morgan fingerprint density at radius 1 is 0.543 bits per heavy atom. The minimum atomic E-state index is -0.979. The molecule has 4 aromatic rings. The van der Waals surface area contributed by atoms with Gasteiger partial charge in [-0.15, -0.1) is 0 Å². The Bertz CT molecular complexity index is 1270. The van der Waals surface area contributed by atoms with Gasteiger partial charge in [0.1, 0.15) is 5.92 Å². The van der Waals surface area contributed by atoms with E-state index in [2.05, 4.69) is 0 Å². The van der Waals surface area contributed by atoms with Gasteiger partial charge in [0.2, 0.25) is 11.8 Å². The number of hydrogen-bond donors (Lipinski definition) is 0. The molecule has 1 fully saturated rings. The second kappa shape index (κ2) is 9.77. The van der Waals surface area contributed by atoms with Gasteiger partial charge in [-0.05, 0) is 40.8 Å². The Hall–Kier alpha value is -4.51. The average molecular weight is 461 g/mol. The van der Waals surface area contributed by atoms with Crippen LogP contribution in [-0.4, -0.2) is 22.7 Å². The van der Waals surface area contributed by atoms with E-state index in [9.17, 15) is 14.4 Å². The molecule has 1 atom stereocenters. The van der Waals surface area contributed by atoms with E-state index in [4.69, 9.17) is 0 Å². The van der Waals surface area contributed by atoms with Crippen LogP contribution in [-0.2, 0) is 22.6 Å². The standard InChI is InChI=1S/C30H24N2O3/c33-28-27(20-22-10-4-1-5-11-22)29(34)32(30(35)31(28)21-23-12-6-2-7-13-23)26-18-16-25(17-19-26)24-14-8-3-9-15-24/h1-19,27H,20-21H2. The number of nitrogens with zero attached hydrogens (tertiary/aromatic N) is 2. The second-order valence-electron chi connectivity index (χ2n) is 8.52. The van der Waals surface area contributed by atoms with E-state index in [0.717, 1.165) is 27.2 Å². The summed E-state index contributed by atoms with van der Waals surface area (Å²) in [6.07, 6.45) is 0.232. The Morgan fingerprint density at radius 2 is 1.06 bits per heavy atom. The number of barbiturate groups is 1. The summed E-state index contributed by atoms with van der Waals surface area (Å²) in [7, 11) is 0. The highest BCUT2D eigenvalue weighted by atomic mass is 16.2. The van der Waals surface area contributed by atoms with E-state index in [1.54, 1.807) is 12.1 Å². The number of hydrogen-bond acceptors (Lipinski definition) is 3. The lowest BCUT2D eigenvalue weighted by Crippen LogP contribution is -2.60. The first-order valence-electron chi connectivity index (χ1n) is 11.5. The zero-order valence-corrected chi connectivity index (χ0v) is 19.1. The highest BCUT2D eigenvalue weighted by Gasteiger charge is 2.46. The van der Waals surface area contributed by atoms with Crippen molar-refractivity contribution in [1.29, 1.82) is 0 Å². The van der Waals surface area contributed by atoms with E-state index < -0.39 is 23.8 Å². The number of rotatable bonds is 6. The minimum Gasteiger partial charge on any atom is -0.273 e. The third kappa shape index (κ3) is 4.62. The fraction of sp³-hybridized carbons (Fsp3) is 0.100. The molecule has 0 radical (unpaired) electrons. The quantitative estimate of drug-likeness (QED) is 0.347. The van der Waals surface area contributed by atoms with Crippen molar-refractivity contribution in [1.82, 2.24) is 4.90 Å². The lowest BCUT2D eigenvalue weighted by Gasteiger charge is -2.37. The van der Waals surface area contributed by atoms with Gasteiger partial charge in [0.25, 0.3) is 0 Å². The number of amides is 4. The minimum absolute atomic E-state index is 0.107. The van der Waals surface area contributed by atoms with Crippen LogP contribution in [0.4, 0.5) is 10.5 Å². The maximum Gasteiger partial charge on any atom is 0.338 e. The molecule has 4 amide bonds. The summed E-state index contributed by atoms with van der Waals surface area (Å²) in [5, 5.41) is 0. The number of carbonyl (C=O) groups excluding carboxylic acids is 3. The van der Waals surface area contributed by atoms with Gasteiger partial charge in [-0.2, -0.15) is 0 Å². The van der Waals surface area contributed by atoms with E-state index in [0.29, 0.717) is 5.69 Å². The first-order valence-corrected chi connectivity index (χ1v) is 11.5. The van der Waals surface area contributed by atoms with Crippen molar-refractivity contribution in [3.8, 4) is 11.1 Å². The number of anilines is 1. The van der Waals surface area contributed by atoms with Crippen molar-refractivity contribution in [3.63, 3.8) is 0 Å². The summed E-state index contributed by atoms with van der Waals surface area (Å²) in [6.45, 7) is 0.107. The molecule has 1 unspecified atom stereocenters. The number of carbonyl (C=O) groups is 3. The van der Waals surface area contributed by atoms with Crippen molar-refractivity contribution < 1.29 is 14.4 Å². The molecule has 0 aliphatic carbocycles. The van der Waals surface area contributed by atoms with Crippen molar-refractivity contribution in [2.75, 3.05) is 4.90 Å². The van der Waals surface area contributed by atoms with Gasteiger partial charge in [-0.1, -0.05) is 103 Å². The fourth-order valence-electron chi connectivity index (χ4n) is 4.37. The van der Waals surface area contributed by atoms with E-state index in [1.807, 2.05) is 103 Å². The average Bonchev–Trinajstić information content (AvgIpc) is 2.91. The third-order valence-corrected chi connectivity index (χ3v) is 6.20. The van der Waals surface area contributed by atoms with Crippen LogP contribution in [0.2, 0.25) is 0 Å². The summed E-state index contributed by atoms with van der Waals surface area (Å²) in [5.74, 6) is -1.95. The largest absolute Gasteiger partial charge is 0.338 e. The number of benzene rings is 4. The van der Waals surface area contributed by atoms with Gasteiger partial charge in [0.15, 0.2) is 0 Å². The predicted octanol–water partition coefficient (Wildman–Crippen LogP) is 5.71. The molecule has 5 heteroatoms. The third-order valence-electron chi connectivity index (χ3n) is 6.20. The lowest BCUT2D eigenvalue weighted by atomic mass is 9.94. The predicted molar refractivity (Wildman–Crippen MR) is 135 cm³/mol. The molecule has 5 rings (SSSR count). The van der Waals surface area contributed by atoms with Crippen LogP contribution in [0.25, 0.3) is 11.1 Å². The van der Waals surface area contributed by atoms with Crippen LogP contribution >= 0.6 is 0 Å².